The minimum atomic E-state index is -1.18. The van der Waals surface area contributed by atoms with Gasteiger partial charge in [0.2, 0.25) is 0 Å². The fourth-order valence-electron chi connectivity index (χ4n) is 2.15. The van der Waals surface area contributed by atoms with Gasteiger partial charge in [0.1, 0.15) is 6.10 Å². The summed E-state index contributed by atoms with van der Waals surface area (Å²) in [6, 6.07) is 0. The van der Waals surface area contributed by atoms with Crippen molar-refractivity contribution in [2.45, 2.75) is 64.3 Å². The van der Waals surface area contributed by atoms with Gasteiger partial charge in [0, 0.05) is 0 Å². The summed E-state index contributed by atoms with van der Waals surface area (Å²) in [6.07, 6.45) is 7.15. The van der Waals surface area contributed by atoms with E-state index in [2.05, 4.69) is 13.0 Å². The van der Waals surface area contributed by atoms with E-state index in [4.69, 9.17) is 0 Å². The number of hydrogen-bond donors (Lipinski definition) is 3. The molecule has 0 heterocycles. The summed E-state index contributed by atoms with van der Waals surface area (Å²) in [5, 5.41) is 29.8. The molecule has 1 aliphatic carbocycles. The van der Waals surface area contributed by atoms with Crippen molar-refractivity contribution in [1.82, 2.24) is 0 Å². The average molecular weight is 254 g/mol. The van der Waals surface area contributed by atoms with Crippen molar-refractivity contribution < 1.29 is 15.3 Å². The first-order valence-corrected chi connectivity index (χ1v) is 6.61. The van der Waals surface area contributed by atoms with Crippen LogP contribution in [0.1, 0.15) is 47.0 Å². The van der Waals surface area contributed by atoms with E-state index in [0.717, 1.165) is 19.3 Å². The molecule has 0 aromatic rings. The molecule has 18 heavy (non-hydrogen) atoms. The molecule has 0 amide bonds. The predicted molar refractivity (Wildman–Crippen MR) is 73.2 cm³/mol. The van der Waals surface area contributed by atoms with Gasteiger partial charge in [-0.1, -0.05) is 23.8 Å². The fourth-order valence-corrected chi connectivity index (χ4v) is 2.15. The Labute approximate surface area is 110 Å². The van der Waals surface area contributed by atoms with Crippen LogP contribution in [0.25, 0.3) is 0 Å². The fraction of sp³-hybridized carbons (Fsp3) is 0.733. The Kier molecular flexibility index (Phi) is 4.76. The van der Waals surface area contributed by atoms with Crippen molar-refractivity contribution in [3.05, 3.63) is 23.8 Å². The predicted octanol–water partition coefficient (Wildman–Crippen LogP) is 2.17. The molecular weight excluding hydrogens is 228 g/mol. The van der Waals surface area contributed by atoms with Crippen LogP contribution in [0.15, 0.2) is 23.8 Å². The SMILES string of the molecule is CC1=CCC(C(C)(O)/C=C/C(O)C(C)(C)O)CC1. The zero-order valence-corrected chi connectivity index (χ0v) is 11.8. The van der Waals surface area contributed by atoms with Crippen LogP contribution in [-0.2, 0) is 0 Å². The lowest BCUT2D eigenvalue weighted by atomic mass is 9.78. The van der Waals surface area contributed by atoms with Crippen molar-refractivity contribution in [2.24, 2.45) is 5.92 Å². The van der Waals surface area contributed by atoms with Gasteiger partial charge in [-0.3, -0.25) is 0 Å². The van der Waals surface area contributed by atoms with Gasteiger partial charge in [-0.05, 0) is 52.9 Å². The van der Waals surface area contributed by atoms with Gasteiger partial charge in [-0.25, -0.2) is 0 Å². The van der Waals surface area contributed by atoms with Crippen LogP contribution in [0.4, 0.5) is 0 Å². The number of aliphatic hydroxyl groups is 3. The highest BCUT2D eigenvalue weighted by atomic mass is 16.3. The van der Waals surface area contributed by atoms with Crippen molar-refractivity contribution >= 4 is 0 Å². The van der Waals surface area contributed by atoms with E-state index in [1.165, 1.54) is 11.6 Å². The summed E-state index contributed by atoms with van der Waals surface area (Å²) in [5.41, 5.74) is -0.749. The van der Waals surface area contributed by atoms with Crippen LogP contribution in [0.5, 0.6) is 0 Å². The lowest BCUT2D eigenvalue weighted by Crippen LogP contribution is -2.37. The highest BCUT2D eigenvalue weighted by Crippen LogP contribution is 2.33. The zero-order valence-electron chi connectivity index (χ0n) is 11.8. The first kappa shape index (κ1) is 15.4. The minimum Gasteiger partial charge on any atom is -0.387 e. The molecule has 0 saturated heterocycles. The lowest BCUT2D eigenvalue weighted by Gasteiger charge is -2.33. The molecule has 0 radical (unpaired) electrons. The van der Waals surface area contributed by atoms with Crippen LogP contribution in [0.2, 0.25) is 0 Å². The van der Waals surface area contributed by atoms with Crippen LogP contribution in [-0.4, -0.2) is 32.6 Å². The molecule has 3 atom stereocenters. The maximum absolute atomic E-state index is 10.4. The van der Waals surface area contributed by atoms with Crippen LogP contribution in [0, 0.1) is 5.92 Å². The summed E-state index contributed by atoms with van der Waals surface area (Å²) < 4.78 is 0. The molecule has 3 heteroatoms. The summed E-state index contributed by atoms with van der Waals surface area (Å²) >= 11 is 0. The Hall–Kier alpha value is -0.640. The third-order valence-corrected chi connectivity index (χ3v) is 3.80. The Bertz CT molecular complexity index is 334. The monoisotopic (exact) mass is 254 g/mol. The quantitative estimate of drug-likeness (QED) is 0.674. The maximum atomic E-state index is 10.4. The van der Waals surface area contributed by atoms with E-state index in [0.29, 0.717) is 0 Å². The zero-order chi connectivity index (χ0) is 14.0. The molecular formula is C15H26O3. The van der Waals surface area contributed by atoms with Crippen molar-refractivity contribution in [1.29, 1.82) is 0 Å². The Morgan fingerprint density at radius 3 is 2.39 bits per heavy atom. The molecule has 3 unspecified atom stereocenters. The van der Waals surface area contributed by atoms with Gasteiger partial charge < -0.3 is 15.3 Å². The molecule has 0 fully saturated rings. The Morgan fingerprint density at radius 1 is 1.33 bits per heavy atom. The minimum absolute atomic E-state index is 0.173. The van der Waals surface area contributed by atoms with E-state index >= 15 is 0 Å². The molecule has 0 aliphatic heterocycles. The normalized spacial score (nSPS) is 26.8. The first-order chi connectivity index (χ1) is 8.13. The third kappa shape index (κ3) is 4.23. The highest BCUT2D eigenvalue weighted by Gasteiger charge is 2.31. The van der Waals surface area contributed by atoms with Gasteiger partial charge in [0.15, 0.2) is 0 Å². The third-order valence-electron chi connectivity index (χ3n) is 3.80. The second-order valence-corrected chi connectivity index (χ2v) is 6.21. The molecule has 0 aromatic heterocycles. The molecule has 0 saturated carbocycles. The number of hydrogen-bond acceptors (Lipinski definition) is 3. The molecule has 0 spiro atoms. The van der Waals surface area contributed by atoms with Crippen molar-refractivity contribution in [3.63, 3.8) is 0 Å². The van der Waals surface area contributed by atoms with E-state index in [1.54, 1.807) is 26.8 Å². The Balaban J connectivity index is 2.67. The summed E-state index contributed by atoms with van der Waals surface area (Å²) in [6.45, 7) is 6.96. The number of allylic oxidation sites excluding steroid dienone is 2. The summed E-state index contributed by atoms with van der Waals surface area (Å²) in [7, 11) is 0. The van der Waals surface area contributed by atoms with Gasteiger partial charge >= 0.3 is 0 Å². The largest absolute Gasteiger partial charge is 0.387 e. The smallest absolute Gasteiger partial charge is 0.100 e. The Morgan fingerprint density at radius 2 is 1.94 bits per heavy atom. The standard InChI is InChI=1S/C15H26O3/c1-11-5-7-12(8-6-11)15(4,18)10-9-13(16)14(2,3)17/h5,9-10,12-13,16-18H,6-8H2,1-4H3/b10-9+. The molecule has 1 rings (SSSR count). The first-order valence-electron chi connectivity index (χ1n) is 6.61. The maximum Gasteiger partial charge on any atom is 0.100 e. The van der Waals surface area contributed by atoms with Crippen LogP contribution in [0.3, 0.4) is 0 Å². The lowest BCUT2D eigenvalue weighted by molar-refractivity contribution is -0.0245. The van der Waals surface area contributed by atoms with E-state index in [-0.39, 0.29) is 5.92 Å². The van der Waals surface area contributed by atoms with E-state index in [9.17, 15) is 15.3 Å². The van der Waals surface area contributed by atoms with Crippen molar-refractivity contribution in [2.75, 3.05) is 0 Å². The second-order valence-electron chi connectivity index (χ2n) is 6.21. The molecule has 3 nitrogen and oxygen atoms in total. The molecule has 0 aromatic carbocycles. The van der Waals surface area contributed by atoms with Gasteiger partial charge in [-0.15, -0.1) is 0 Å². The van der Waals surface area contributed by atoms with Gasteiger partial charge in [0.05, 0.1) is 11.2 Å². The molecule has 104 valence electrons. The van der Waals surface area contributed by atoms with Crippen molar-refractivity contribution in [3.8, 4) is 0 Å². The molecule has 1 aliphatic rings. The van der Waals surface area contributed by atoms with E-state index in [1.807, 2.05) is 0 Å². The summed E-state index contributed by atoms with van der Waals surface area (Å²) in [5.74, 6) is 0.173. The average Bonchev–Trinajstić information content (AvgIpc) is 2.25. The van der Waals surface area contributed by atoms with Crippen LogP contribution < -0.4 is 0 Å². The topological polar surface area (TPSA) is 60.7 Å². The number of aliphatic hydroxyl groups excluding tert-OH is 1. The molecule has 0 bridgehead atoms. The molecule has 3 N–H and O–H groups in total. The second kappa shape index (κ2) is 5.55. The van der Waals surface area contributed by atoms with Gasteiger partial charge in [-0.2, -0.15) is 0 Å². The van der Waals surface area contributed by atoms with Gasteiger partial charge in [0.25, 0.3) is 0 Å². The summed E-state index contributed by atoms with van der Waals surface area (Å²) in [4.78, 5) is 0. The van der Waals surface area contributed by atoms with E-state index < -0.39 is 17.3 Å². The highest BCUT2D eigenvalue weighted by molar-refractivity contribution is 5.12. The number of rotatable bonds is 4. The van der Waals surface area contributed by atoms with Crippen LogP contribution >= 0.6 is 0 Å².